The molecule has 100 valence electrons. The summed E-state index contributed by atoms with van der Waals surface area (Å²) in [5.74, 6) is 1.26. The average Bonchev–Trinajstić information content (AvgIpc) is 2.97. The lowest BCUT2D eigenvalue weighted by Crippen LogP contribution is -1.98. The zero-order valence-corrected chi connectivity index (χ0v) is 12.2. The van der Waals surface area contributed by atoms with Gasteiger partial charge in [-0.1, -0.05) is 19.9 Å². The van der Waals surface area contributed by atoms with Gasteiger partial charge < -0.3 is 4.74 Å². The Hall–Kier alpha value is -1.75. The molecule has 0 spiro atoms. The van der Waals surface area contributed by atoms with Gasteiger partial charge >= 0.3 is 0 Å². The van der Waals surface area contributed by atoms with Crippen molar-refractivity contribution < 1.29 is 4.74 Å². The summed E-state index contributed by atoms with van der Waals surface area (Å²) >= 11 is 1.58. The molecule has 0 amide bonds. The fraction of sp³-hybridized carbons (Fsp3) is 0.357. The Balaban J connectivity index is 0.000000637. The molecule has 4 nitrogen and oxygen atoms in total. The molecule has 0 saturated heterocycles. The summed E-state index contributed by atoms with van der Waals surface area (Å²) < 4.78 is 5.29. The summed E-state index contributed by atoms with van der Waals surface area (Å²) in [4.78, 5) is 14.2. The molecule has 3 heterocycles. The molecule has 0 aromatic carbocycles. The van der Waals surface area contributed by atoms with E-state index in [0.29, 0.717) is 11.7 Å². The number of thiophene rings is 1. The molecule has 0 aliphatic carbocycles. The first kappa shape index (κ1) is 13.7. The van der Waals surface area contributed by atoms with Crippen molar-refractivity contribution >= 4 is 33.5 Å². The van der Waals surface area contributed by atoms with Crippen LogP contribution in [-0.4, -0.2) is 23.3 Å². The molecule has 2 aromatic heterocycles. The minimum Gasteiger partial charge on any atom is -0.480 e. The molecule has 3 rings (SSSR count). The van der Waals surface area contributed by atoms with Crippen molar-refractivity contribution in [1.82, 2.24) is 9.97 Å². The van der Waals surface area contributed by atoms with Crippen molar-refractivity contribution in [3.63, 3.8) is 0 Å². The molecule has 0 fully saturated rings. The Morgan fingerprint density at radius 1 is 1.21 bits per heavy atom. The van der Waals surface area contributed by atoms with Gasteiger partial charge in [0.1, 0.15) is 10.5 Å². The van der Waals surface area contributed by atoms with Crippen molar-refractivity contribution in [2.75, 3.05) is 7.11 Å². The molecule has 1 aliphatic rings. The van der Waals surface area contributed by atoms with Gasteiger partial charge in [-0.05, 0) is 24.3 Å². The summed E-state index contributed by atoms with van der Waals surface area (Å²) in [7, 11) is 1.63. The first-order chi connectivity index (χ1) is 9.38. The highest BCUT2D eigenvalue weighted by Crippen LogP contribution is 2.29. The maximum absolute atomic E-state index is 5.29. The minimum atomic E-state index is 0.618. The van der Waals surface area contributed by atoms with E-state index < -0.39 is 0 Å². The molecule has 19 heavy (non-hydrogen) atoms. The van der Waals surface area contributed by atoms with Crippen LogP contribution >= 0.6 is 11.3 Å². The molecule has 0 atom stereocenters. The van der Waals surface area contributed by atoms with Gasteiger partial charge in [-0.25, -0.2) is 4.98 Å². The fourth-order valence-corrected chi connectivity index (χ4v) is 2.51. The number of aliphatic imine (C=N–C) groups is 1. The molecule has 5 heteroatoms. The number of allylic oxidation sites excluding steroid dienone is 1. The second-order valence-corrected chi connectivity index (χ2v) is 4.57. The van der Waals surface area contributed by atoms with Gasteiger partial charge in [-0.2, -0.15) is 4.98 Å². The lowest BCUT2D eigenvalue weighted by atomic mass is 10.2. The highest BCUT2D eigenvalue weighted by Gasteiger charge is 2.12. The number of nitrogens with zero attached hydrogens (tertiary/aromatic N) is 3. The van der Waals surface area contributed by atoms with Crippen LogP contribution in [0.15, 0.2) is 22.5 Å². The Labute approximate surface area is 116 Å². The predicted molar refractivity (Wildman–Crippen MR) is 81.0 cm³/mol. The van der Waals surface area contributed by atoms with Gasteiger partial charge in [0.05, 0.1) is 12.5 Å². The molecule has 0 radical (unpaired) electrons. The lowest BCUT2D eigenvalue weighted by molar-refractivity contribution is 0.402. The van der Waals surface area contributed by atoms with E-state index in [1.165, 1.54) is 0 Å². The van der Waals surface area contributed by atoms with Crippen LogP contribution in [-0.2, 0) is 0 Å². The predicted octanol–water partition coefficient (Wildman–Crippen LogP) is 3.93. The second kappa shape index (κ2) is 6.43. The monoisotopic (exact) mass is 275 g/mol. The Morgan fingerprint density at radius 3 is 2.74 bits per heavy atom. The van der Waals surface area contributed by atoms with Crippen molar-refractivity contribution in [2.45, 2.75) is 26.7 Å². The molecule has 0 saturated carbocycles. The van der Waals surface area contributed by atoms with E-state index in [-0.39, 0.29) is 0 Å². The van der Waals surface area contributed by atoms with Crippen LogP contribution in [0.25, 0.3) is 15.9 Å². The summed E-state index contributed by atoms with van der Waals surface area (Å²) in [5.41, 5.74) is 0.838. The van der Waals surface area contributed by atoms with Crippen LogP contribution in [0, 0.1) is 0 Å². The maximum atomic E-state index is 5.29. The number of methoxy groups -OCH3 is 1. The van der Waals surface area contributed by atoms with Crippen molar-refractivity contribution in [3.05, 3.63) is 23.3 Å². The second-order valence-electron chi connectivity index (χ2n) is 3.67. The van der Waals surface area contributed by atoms with Crippen LogP contribution in [0.3, 0.4) is 0 Å². The molecule has 2 aromatic rings. The van der Waals surface area contributed by atoms with Crippen LogP contribution < -0.4 is 4.74 Å². The lowest BCUT2D eigenvalue weighted by Gasteiger charge is -2.07. The van der Waals surface area contributed by atoms with Crippen LogP contribution in [0.1, 0.15) is 32.5 Å². The van der Waals surface area contributed by atoms with Crippen molar-refractivity contribution in [3.8, 4) is 5.88 Å². The largest absolute Gasteiger partial charge is 0.480 e. The van der Waals surface area contributed by atoms with Crippen molar-refractivity contribution in [1.29, 1.82) is 0 Å². The standard InChI is InChI=1S/C12H11N3OS.C2H6/c1-16-11-8-5-7-17-12(8)15-10(14-11)9-4-2-3-6-13-9;1-2/h4-7H,2-3H2,1H3;1-2H3. The average molecular weight is 275 g/mol. The highest BCUT2D eigenvalue weighted by atomic mass is 32.1. The molecular formula is C14H17N3OS. The third-order valence-electron chi connectivity index (χ3n) is 2.58. The Morgan fingerprint density at radius 2 is 2.05 bits per heavy atom. The zero-order valence-electron chi connectivity index (χ0n) is 11.4. The summed E-state index contributed by atoms with van der Waals surface area (Å²) in [6, 6.07) is 1.97. The summed E-state index contributed by atoms with van der Waals surface area (Å²) in [6.07, 6.45) is 5.95. The van der Waals surface area contributed by atoms with E-state index >= 15 is 0 Å². The van der Waals surface area contributed by atoms with Crippen molar-refractivity contribution in [2.24, 2.45) is 4.99 Å². The smallest absolute Gasteiger partial charge is 0.225 e. The molecule has 1 aliphatic heterocycles. The van der Waals surface area contributed by atoms with Gasteiger partial charge in [-0.15, -0.1) is 11.3 Å². The number of hydrogen-bond donors (Lipinski definition) is 0. The van der Waals surface area contributed by atoms with E-state index in [1.807, 2.05) is 31.5 Å². The van der Waals surface area contributed by atoms with Gasteiger partial charge in [0, 0.05) is 6.21 Å². The van der Waals surface area contributed by atoms with Gasteiger partial charge in [0.25, 0.3) is 0 Å². The third-order valence-corrected chi connectivity index (χ3v) is 3.38. The van der Waals surface area contributed by atoms with Gasteiger partial charge in [-0.3, -0.25) is 4.99 Å². The molecule has 0 unspecified atom stereocenters. The Kier molecular flexibility index (Phi) is 4.63. The van der Waals surface area contributed by atoms with Crippen LogP contribution in [0.4, 0.5) is 0 Å². The number of rotatable bonds is 2. The third kappa shape index (κ3) is 2.81. The van der Waals surface area contributed by atoms with Gasteiger partial charge in [0.2, 0.25) is 5.88 Å². The SMILES string of the molecule is CC.COc1nc(C2=CCCC=N2)nc2sccc12. The fourth-order valence-electron chi connectivity index (χ4n) is 1.76. The number of ether oxygens (including phenoxy) is 1. The number of hydrogen-bond acceptors (Lipinski definition) is 5. The zero-order chi connectivity index (χ0) is 13.7. The van der Waals surface area contributed by atoms with Crippen LogP contribution in [0.5, 0.6) is 5.88 Å². The topological polar surface area (TPSA) is 47.4 Å². The molecule has 0 bridgehead atoms. The maximum Gasteiger partial charge on any atom is 0.225 e. The quantitative estimate of drug-likeness (QED) is 0.834. The normalized spacial score (nSPS) is 13.7. The minimum absolute atomic E-state index is 0.618. The highest BCUT2D eigenvalue weighted by molar-refractivity contribution is 7.16. The van der Waals surface area contributed by atoms with E-state index in [9.17, 15) is 0 Å². The number of fused-ring (bicyclic) bond motifs is 1. The van der Waals surface area contributed by atoms with E-state index in [4.69, 9.17) is 4.74 Å². The molecular weight excluding hydrogens is 258 g/mol. The first-order valence-corrected chi connectivity index (χ1v) is 7.29. The van der Waals surface area contributed by atoms with E-state index in [2.05, 4.69) is 21.0 Å². The van der Waals surface area contributed by atoms with Gasteiger partial charge in [0.15, 0.2) is 5.82 Å². The first-order valence-electron chi connectivity index (χ1n) is 6.41. The summed E-state index contributed by atoms with van der Waals surface area (Å²) in [5, 5.41) is 2.95. The summed E-state index contributed by atoms with van der Waals surface area (Å²) in [6.45, 7) is 4.00. The van der Waals surface area contributed by atoms with Crippen LogP contribution in [0.2, 0.25) is 0 Å². The van der Waals surface area contributed by atoms with E-state index in [1.54, 1.807) is 18.4 Å². The Bertz CT molecular complexity index is 616. The molecule has 0 N–H and O–H groups in total. The number of aromatic nitrogens is 2. The van der Waals surface area contributed by atoms with E-state index in [0.717, 1.165) is 28.8 Å².